The second kappa shape index (κ2) is 12.7. The van der Waals surface area contributed by atoms with Gasteiger partial charge in [0.2, 0.25) is 0 Å². The van der Waals surface area contributed by atoms with E-state index in [1.165, 1.54) is 6.08 Å². The number of amides is 5. The van der Waals surface area contributed by atoms with Crippen LogP contribution in [-0.2, 0) is 14.4 Å². The number of aryl methyl sites for hydroxylation is 2. The SMILES string of the molecule is CCOc1cc(/C=C2/C(=O)NC(=O)N(c3ccc(C)c(C)c3)C2=O)cc(Br)c1OCC(=O)Nc1ccc(OC)cc1. The van der Waals surface area contributed by atoms with Crippen LogP contribution in [0.5, 0.6) is 17.2 Å². The van der Waals surface area contributed by atoms with E-state index in [1.807, 2.05) is 13.8 Å². The van der Waals surface area contributed by atoms with Gasteiger partial charge in [-0.1, -0.05) is 6.07 Å². The standard InChI is InChI=1S/C30H28BrN3O7/c1-5-40-25-15-19(14-24(31)27(25)41-16-26(35)32-20-7-10-22(39-4)11-8-20)13-23-28(36)33-30(38)34(29(23)37)21-9-6-17(2)18(3)12-21/h6-15H,5,16H2,1-4H3,(H,32,35)(H,33,36,38)/b23-13-. The molecule has 2 N–H and O–H groups in total. The Morgan fingerprint density at radius 1 is 1.00 bits per heavy atom. The number of hydrogen-bond acceptors (Lipinski definition) is 7. The molecule has 212 valence electrons. The van der Waals surface area contributed by atoms with E-state index >= 15 is 0 Å². The average molecular weight is 622 g/mol. The van der Waals surface area contributed by atoms with Crippen molar-refractivity contribution in [1.82, 2.24) is 5.32 Å². The number of anilines is 2. The van der Waals surface area contributed by atoms with Crippen LogP contribution in [0.1, 0.15) is 23.6 Å². The van der Waals surface area contributed by atoms with Crippen LogP contribution in [0.3, 0.4) is 0 Å². The maximum absolute atomic E-state index is 13.3. The van der Waals surface area contributed by atoms with Gasteiger partial charge < -0.3 is 19.5 Å². The summed E-state index contributed by atoms with van der Waals surface area (Å²) in [6.07, 6.45) is 1.37. The molecule has 11 heteroatoms. The molecular formula is C30H28BrN3O7. The minimum absolute atomic E-state index is 0.232. The van der Waals surface area contributed by atoms with Gasteiger partial charge in [-0.3, -0.25) is 19.7 Å². The molecule has 0 aliphatic carbocycles. The van der Waals surface area contributed by atoms with Crippen molar-refractivity contribution in [3.05, 3.63) is 81.3 Å². The summed E-state index contributed by atoms with van der Waals surface area (Å²) in [5.41, 5.74) is 3.02. The fourth-order valence-corrected chi connectivity index (χ4v) is 4.58. The lowest BCUT2D eigenvalue weighted by Gasteiger charge is -2.27. The van der Waals surface area contributed by atoms with Gasteiger partial charge in [0.1, 0.15) is 11.3 Å². The molecule has 0 bridgehead atoms. The summed E-state index contributed by atoms with van der Waals surface area (Å²) in [4.78, 5) is 52.0. The highest BCUT2D eigenvalue weighted by molar-refractivity contribution is 9.10. The number of urea groups is 1. The number of benzene rings is 3. The Hall–Kier alpha value is -4.64. The van der Waals surface area contributed by atoms with Crippen molar-refractivity contribution < 1.29 is 33.4 Å². The Morgan fingerprint density at radius 2 is 1.73 bits per heavy atom. The van der Waals surface area contributed by atoms with Crippen molar-refractivity contribution in [3.63, 3.8) is 0 Å². The zero-order valence-corrected chi connectivity index (χ0v) is 24.5. The number of barbiturate groups is 1. The van der Waals surface area contributed by atoms with Gasteiger partial charge in [0.25, 0.3) is 17.7 Å². The highest BCUT2D eigenvalue weighted by Crippen LogP contribution is 2.38. The van der Waals surface area contributed by atoms with E-state index in [2.05, 4.69) is 26.6 Å². The number of carbonyl (C=O) groups excluding carboxylic acids is 4. The van der Waals surface area contributed by atoms with Crippen molar-refractivity contribution in [3.8, 4) is 17.2 Å². The molecule has 1 aliphatic rings. The first-order valence-corrected chi connectivity index (χ1v) is 13.4. The lowest BCUT2D eigenvalue weighted by molar-refractivity contribution is -0.122. The van der Waals surface area contributed by atoms with Gasteiger partial charge in [0.05, 0.1) is 23.9 Å². The molecule has 10 nitrogen and oxygen atoms in total. The van der Waals surface area contributed by atoms with E-state index in [4.69, 9.17) is 14.2 Å². The molecule has 1 heterocycles. The number of nitrogens with one attached hydrogen (secondary N) is 2. The fourth-order valence-electron chi connectivity index (χ4n) is 4.01. The second-order valence-electron chi connectivity index (χ2n) is 9.05. The molecule has 0 radical (unpaired) electrons. The van der Waals surface area contributed by atoms with E-state index < -0.39 is 23.8 Å². The Bertz CT molecular complexity index is 1550. The van der Waals surface area contributed by atoms with Gasteiger partial charge in [-0.05, 0) is 108 Å². The predicted molar refractivity (Wildman–Crippen MR) is 157 cm³/mol. The minimum Gasteiger partial charge on any atom is -0.497 e. The zero-order chi connectivity index (χ0) is 29.7. The van der Waals surface area contributed by atoms with Crippen LogP contribution in [0.15, 0.2) is 64.6 Å². The molecule has 0 unspecified atom stereocenters. The monoisotopic (exact) mass is 621 g/mol. The van der Waals surface area contributed by atoms with Crippen LogP contribution < -0.4 is 29.7 Å². The summed E-state index contributed by atoms with van der Waals surface area (Å²) in [6, 6.07) is 14.4. The number of rotatable bonds is 9. The molecule has 1 saturated heterocycles. The van der Waals surface area contributed by atoms with E-state index in [0.29, 0.717) is 27.2 Å². The summed E-state index contributed by atoms with van der Waals surface area (Å²) in [5, 5.41) is 4.97. The zero-order valence-electron chi connectivity index (χ0n) is 22.9. The third-order valence-electron chi connectivity index (χ3n) is 6.21. The van der Waals surface area contributed by atoms with Crippen molar-refractivity contribution in [1.29, 1.82) is 0 Å². The summed E-state index contributed by atoms with van der Waals surface area (Å²) in [6.45, 7) is 5.55. The molecule has 1 aliphatic heterocycles. The van der Waals surface area contributed by atoms with E-state index in [9.17, 15) is 19.2 Å². The molecule has 3 aromatic rings. The molecule has 5 amide bonds. The molecule has 0 spiro atoms. The Morgan fingerprint density at radius 3 is 2.39 bits per heavy atom. The van der Waals surface area contributed by atoms with E-state index in [-0.39, 0.29) is 30.3 Å². The summed E-state index contributed by atoms with van der Waals surface area (Å²) in [5.74, 6) is -0.744. The molecule has 0 aromatic heterocycles. The number of hydrogen-bond donors (Lipinski definition) is 2. The normalized spacial score (nSPS) is 14.1. The van der Waals surface area contributed by atoms with Crippen molar-refractivity contribution in [2.75, 3.05) is 30.5 Å². The number of imide groups is 2. The summed E-state index contributed by atoms with van der Waals surface area (Å²) >= 11 is 3.44. The molecule has 41 heavy (non-hydrogen) atoms. The molecular weight excluding hydrogens is 594 g/mol. The number of halogens is 1. The number of nitrogens with zero attached hydrogens (tertiary/aromatic N) is 1. The third kappa shape index (κ3) is 6.75. The number of ether oxygens (including phenoxy) is 3. The summed E-state index contributed by atoms with van der Waals surface area (Å²) in [7, 11) is 1.56. The maximum atomic E-state index is 13.3. The first-order valence-electron chi connectivity index (χ1n) is 12.6. The molecule has 4 rings (SSSR count). The van der Waals surface area contributed by atoms with Crippen LogP contribution in [-0.4, -0.2) is 44.1 Å². The third-order valence-corrected chi connectivity index (χ3v) is 6.80. The summed E-state index contributed by atoms with van der Waals surface area (Å²) < 4.78 is 17.0. The quantitative estimate of drug-likeness (QED) is 0.250. The van der Waals surface area contributed by atoms with Gasteiger partial charge in [-0.2, -0.15) is 0 Å². The molecule has 1 fully saturated rings. The molecule has 0 atom stereocenters. The van der Waals surface area contributed by atoms with Gasteiger partial charge in [0.15, 0.2) is 18.1 Å². The van der Waals surface area contributed by atoms with Crippen LogP contribution in [0.25, 0.3) is 6.08 Å². The second-order valence-corrected chi connectivity index (χ2v) is 9.91. The Labute approximate surface area is 245 Å². The molecule has 3 aromatic carbocycles. The van der Waals surface area contributed by atoms with Crippen molar-refractivity contribution in [2.45, 2.75) is 20.8 Å². The van der Waals surface area contributed by atoms with Gasteiger partial charge in [-0.25, -0.2) is 9.69 Å². The largest absolute Gasteiger partial charge is 0.497 e. The van der Waals surface area contributed by atoms with Crippen LogP contribution >= 0.6 is 15.9 Å². The average Bonchev–Trinajstić information content (AvgIpc) is 2.93. The smallest absolute Gasteiger partial charge is 0.335 e. The maximum Gasteiger partial charge on any atom is 0.335 e. The van der Waals surface area contributed by atoms with E-state index in [0.717, 1.165) is 16.0 Å². The molecule has 0 saturated carbocycles. The first-order chi connectivity index (χ1) is 19.6. The predicted octanol–water partition coefficient (Wildman–Crippen LogP) is 5.16. The number of methoxy groups -OCH3 is 1. The van der Waals surface area contributed by atoms with Gasteiger partial charge >= 0.3 is 6.03 Å². The highest BCUT2D eigenvalue weighted by atomic mass is 79.9. The lowest BCUT2D eigenvalue weighted by atomic mass is 10.0. The minimum atomic E-state index is -0.826. The lowest BCUT2D eigenvalue weighted by Crippen LogP contribution is -2.54. The first kappa shape index (κ1) is 29.3. The van der Waals surface area contributed by atoms with Gasteiger partial charge in [-0.15, -0.1) is 0 Å². The topological polar surface area (TPSA) is 123 Å². The Kier molecular flexibility index (Phi) is 9.08. The fraction of sp³-hybridized carbons (Fsp3) is 0.200. The van der Waals surface area contributed by atoms with Gasteiger partial charge in [0, 0.05) is 5.69 Å². The van der Waals surface area contributed by atoms with Crippen molar-refractivity contribution in [2.24, 2.45) is 0 Å². The van der Waals surface area contributed by atoms with Crippen LogP contribution in [0, 0.1) is 13.8 Å². The van der Waals surface area contributed by atoms with E-state index in [1.54, 1.807) is 68.6 Å². The van der Waals surface area contributed by atoms with Crippen LogP contribution in [0.4, 0.5) is 16.2 Å². The van der Waals surface area contributed by atoms with Crippen LogP contribution in [0.2, 0.25) is 0 Å². The Balaban J connectivity index is 1.57. The van der Waals surface area contributed by atoms with Crippen molar-refractivity contribution >= 4 is 57.1 Å². The highest BCUT2D eigenvalue weighted by Gasteiger charge is 2.37. The number of carbonyl (C=O) groups is 4.